The Labute approximate surface area is 98.9 Å². The zero-order chi connectivity index (χ0) is 9.19. The molecule has 2 atom stereocenters. The molecule has 3 heteroatoms. The number of piperidine rings is 1. The van der Waals surface area contributed by atoms with Gasteiger partial charge in [0.1, 0.15) is 12.1 Å². The normalized spacial score (nSPS) is 29.1. The predicted octanol–water partition coefficient (Wildman–Crippen LogP) is -1.61. The van der Waals surface area contributed by atoms with Crippen molar-refractivity contribution in [3.05, 3.63) is 0 Å². The maximum Gasteiger partial charge on any atom is 0.115 e. The first-order valence-electron chi connectivity index (χ1n) is 5.08. The summed E-state index contributed by atoms with van der Waals surface area (Å²) in [6.07, 6.45) is 4.61. The molecule has 1 aliphatic heterocycles. The van der Waals surface area contributed by atoms with Crippen LogP contribution in [-0.4, -0.2) is 42.4 Å². The lowest BCUT2D eigenvalue weighted by atomic mass is 9.94. The molecule has 2 unspecified atom stereocenters. The van der Waals surface area contributed by atoms with Gasteiger partial charge in [0, 0.05) is 6.42 Å². The molecule has 1 N–H and O–H groups in total. The fraction of sp³-hybridized carbons (Fsp3) is 1.00. The third-order valence-electron chi connectivity index (χ3n) is 3.24. The lowest BCUT2D eigenvalue weighted by Crippen LogP contribution is -3.00. The summed E-state index contributed by atoms with van der Waals surface area (Å²) in [5.41, 5.74) is 0. The Bertz CT molecular complexity index is 150. The Morgan fingerprint density at radius 3 is 2.46 bits per heavy atom. The Hall–Kier alpha value is 0.650. The molecular formula is C10H22INO. The molecule has 1 saturated heterocycles. The number of hydrogen-bond acceptors (Lipinski definition) is 1. The lowest BCUT2D eigenvalue weighted by Gasteiger charge is -2.43. The van der Waals surface area contributed by atoms with Gasteiger partial charge in [-0.25, -0.2) is 0 Å². The van der Waals surface area contributed by atoms with Crippen molar-refractivity contribution < 1.29 is 33.6 Å². The van der Waals surface area contributed by atoms with Crippen LogP contribution in [0.1, 0.15) is 32.6 Å². The first-order valence-corrected chi connectivity index (χ1v) is 5.08. The molecular weight excluding hydrogens is 277 g/mol. The number of likely N-dealkylation sites (N-methyl/N-ethyl adjacent to an activating group) is 1. The molecule has 0 spiro atoms. The van der Waals surface area contributed by atoms with Gasteiger partial charge in [0.15, 0.2) is 0 Å². The average Bonchev–Trinajstić information content (AvgIpc) is 2.02. The van der Waals surface area contributed by atoms with Gasteiger partial charge in [0.2, 0.25) is 0 Å². The highest BCUT2D eigenvalue weighted by Gasteiger charge is 2.35. The third-order valence-corrected chi connectivity index (χ3v) is 3.24. The van der Waals surface area contributed by atoms with Crippen molar-refractivity contribution in [3.63, 3.8) is 0 Å². The van der Waals surface area contributed by atoms with Gasteiger partial charge in [-0.3, -0.25) is 0 Å². The molecule has 0 amide bonds. The summed E-state index contributed by atoms with van der Waals surface area (Å²) in [7, 11) is 4.48. The van der Waals surface area contributed by atoms with E-state index in [2.05, 4.69) is 21.0 Å². The summed E-state index contributed by atoms with van der Waals surface area (Å²) < 4.78 is 1.01. The number of likely N-dealkylation sites (tertiary alicyclic amines) is 1. The number of hydrogen-bond donors (Lipinski definition) is 1. The van der Waals surface area contributed by atoms with E-state index in [0.29, 0.717) is 6.04 Å². The van der Waals surface area contributed by atoms with E-state index in [0.717, 1.165) is 10.9 Å². The maximum absolute atomic E-state index is 9.80. The van der Waals surface area contributed by atoms with Crippen LogP contribution in [0.4, 0.5) is 0 Å². The first-order chi connectivity index (χ1) is 5.58. The molecule has 2 nitrogen and oxygen atoms in total. The first kappa shape index (κ1) is 13.7. The SMILES string of the molecule is CCC(O)C1CCCC[N+]1(C)C.[I-]. The minimum Gasteiger partial charge on any atom is -1.00 e. The second kappa shape index (κ2) is 5.51. The van der Waals surface area contributed by atoms with Crippen molar-refractivity contribution in [1.82, 2.24) is 0 Å². The molecule has 0 aliphatic carbocycles. The molecule has 1 rings (SSSR count). The number of aliphatic hydroxyl groups is 1. The molecule has 0 aromatic rings. The monoisotopic (exact) mass is 299 g/mol. The van der Waals surface area contributed by atoms with Crippen LogP contribution in [0.2, 0.25) is 0 Å². The van der Waals surface area contributed by atoms with E-state index < -0.39 is 0 Å². The number of rotatable bonds is 2. The van der Waals surface area contributed by atoms with Crippen molar-refractivity contribution in [2.75, 3.05) is 20.6 Å². The number of quaternary nitrogens is 1. The van der Waals surface area contributed by atoms with Crippen molar-refractivity contribution in [3.8, 4) is 0 Å². The molecule has 1 aliphatic rings. The standard InChI is InChI=1S/C10H22NO.HI/c1-4-10(12)9-7-5-6-8-11(9,2)3;/h9-10,12H,4-8H2,1-3H3;1H/q+1;/p-1. The molecule has 0 aromatic carbocycles. The lowest BCUT2D eigenvalue weighted by molar-refractivity contribution is -0.923. The molecule has 0 saturated carbocycles. The van der Waals surface area contributed by atoms with Gasteiger partial charge in [-0.15, -0.1) is 0 Å². The quantitative estimate of drug-likeness (QED) is 0.481. The van der Waals surface area contributed by atoms with Crippen LogP contribution in [0.15, 0.2) is 0 Å². The fourth-order valence-electron chi connectivity index (χ4n) is 2.32. The fourth-order valence-corrected chi connectivity index (χ4v) is 2.32. The van der Waals surface area contributed by atoms with Crippen LogP contribution in [0.5, 0.6) is 0 Å². The van der Waals surface area contributed by atoms with Gasteiger partial charge in [-0.05, 0) is 19.3 Å². The van der Waals surface area contributed by atoms with E-state index in [-0.39, 0.29) is 30.1 Å². The molecule has 0 radical (unpaired) electrons. The van der Waals surface area contributed by atoms with Crippen molar-refractivity contribution in [1.29, 1.82) is 0 Å². The highest BCUT2D eigenvalue weighted by Crippen LogP contribution is 2.24. The van der Waals surface area contributed by atoms with Gasteiger partial charge in [-0.1, -0.05) is 6.92 Å². The van der Waals surface area contributed by atoms with E-state index in [1.807, 2.05) is 0 Å². The molecule has 1 fully saturated rings. The van der Waals surface area contributed by atoms with Crippen molar-refractivity contribution in [2.45, 2.75) is 44.8 Å². The minimum atomic E-state index is -0.0969. The van der Waals surface area contributed by atoms with Crippen LogP contribution in [0.3, 0.4) is 0 Å². The zero-order valence-corrected chi connectivity index (χ0v) is 11.1. The predicted molar refractivity (Wildman–Crippen MR) is 50.9 cm³/mol. The smallest absolute Gasteiger partial charge is 0.115 e. The second-order valence-electron chi connectivity index (χ2n) is 4.54. The minimum absolute atomic E-state index is 0. The molecule has 1 heterocycles. The van der Waals surface area contributed by atoms with E-state index in [4.69, 9.17) is 0 Å². The van der Waals surface area contributed by atoms with Gasteiger partial charge >= 0.3 is 0 Å². The van der Waals surface area contributed by atoms with Crippen LogP contribution in [-0.2, 0) is 0 Å². The molecule has 0 aromatic heterocycles. The summed E-state index contributed by atoms with van der Waals surface area (Å²) >= 11 is 0. The Balaban J connectivity index is 0.00000144. The number of aliphatic hydroxyl groups excluding tert-OH is 1. The number of nitrogens with zero attached hydrogens (tertiary/aromatic N) is 1. The summed E-state index contributed by atoms with van der Waals surface area (Å²) in [6.45, 7) is 3.29. The van der Waals surface area contributed by atoms with Gasteiger partial charge < -0.3 is 33.6 Å². The maximum atomic E-state index is 9.80. The Morgan fingerprint density at radius 2 is 2.00 bits per heavy atom. The van der Waals surface area contributed by atoms with Crippen molar-refractivity contribution in [2.24, 2.45) is 0 Å². The van der Waals surface area contributed by atoms with Crippen LogP contribution in [0, 0.1) is 0 Å². The van der Waals surface area contributed by atoms with E-state index in [1.54, 1.807) is 0 Å². The largest absolute Gasteiger partial charge is 1.00 e. The van der Waals surface area contributed by atoms with E-state index in [1.165, 1.54) is 25.8 Å². The Kier molecular flexibility index (Phi) is 5.79. The zero-order valence-electron chi connectivity index (χ0n) is 8.96. The van der Waals surface area contributed by atoms with Gasteiger partial charge in [0.25, 0.3) is 0 Å². The third kappa shape index (κ3) is 3.36. The number of halogens is 1. The summed E-state index contributed by atoms with van der Waals surface area (Å²) in [6, 6.07) is 0.476. The molecule has 13 heavy (non-hydrogen) atoms. The molecule has 0 bridgehead atoms. The van der Waals surface area contributed by atoms with E-state index >= 15 is 0 Å². The highest BCUT2D eigenvalue weighted by atomic mass is 127. The van der Waals surface area contributed by atoms with Crippen LogP contribution < -0.4 is 24.0 Å². The summed E-state index contributed by atoms with van der Waals surface area (Å²) in [4.78, 5) is 0. The summed E-state index contributed by atoms with van der Waals surface area (Å²) in [5, 5.41) is 9.80. The topological polar surface area (TPSA) is 20.2 Å². The summed E-state index contributed by atoms with van der Waals surface area (Å²) in [5.74, 6) is 0. The van der Waals surface area contributed by atoms with Gasteiger partial charge in [-0.2, -0.15) is 0 Å². The van der Waals surface area contributed by atoms with Crippen LogP contribution in [0.25, 0.3) is 0 Å². The second-order valence-corrected chi connectivity index (χ2v) is 4.54. The van der Waals surface area contributed by atoms with Crippen LogP contribution >= 0.6 is 0 Å². The van der Waals surface area contributed by atoms with Crippen molar-refractivity contribution >= 4 is 0 Å². The highest BCUT2D eigenvalue weighted by molar-refractivity contribution is 4.71. The van der Waals surface area contributed by atoms with E-state index in [9.17, 15) is 5.11 Å². The molecule has 80 valence electrons. The Morgan fingerprint density at radius 1 is 1.38 bits per heavy atom. The average molecular weight is 299 g/mol. The van der Waals surface area contributed by atoms with Gasteiger partial charge in [0.05, 0.1) is 20.6 Å².